The second-order valence-electron chi connectivity index (χ2n) is 8.26. The van der Waals surface area contributed by atoms with Crippen molar-refractivity contribution in [2.75, 3.05) is 59.5 Å². The molecule has 0 unspecified atom stereocenters. The topological polar surface area (TPSA) is 56.3 Å². The van der Waals surface area contributed by atoms with E-state index in [0.29, 0.717) is 25.0 Å². The maximum Gasteiger partial charge on any atom is 0.409 e. The lowest BCUT2D eigenvalue weighted by Crippen LogP contribution is -2.63. The van der Waals surface area contributed by atoms with Crippen LogP contribution >= 0.6 is 0 Å². The van der Waals surface area contributed by atoms with Gasteiger partial charge < -0.3 is 14.5 Å². The smallest absolute Gasteiger partial charge is 0.409 e. The van der Waals surface area contributed by atoms with E-state index in [0.717, 1.165) is 71.5 Å². The zero-order valence-corrected chi connectivity index (χ0v) is 17.3. The van der Waals surface area contributed by atoms with Gasteiger partial charge in [-0.3, -0.25) is 14.6 Å². The van der Waals surface area contributed by atoms with E-state index in [4.69, 9.17) is 4.74 Å². The fourth-order valence-electron chi connectivity index (χ4n) is 5.00. The first-order chi connectivity index (χ1) is 13.0. The largest absolute Gasteiger partial charge is 0.450 e. The molecule has 3 heterocycles. The van der Waals surface area contributed by atoms with Crippen LogP contribution in [0, 0.1) is 0 Å². The second-order valence-corrected chi connectivity index (χ2v) is 8.26. The quantitative estimate of drug-likeness (QED) is 0.745. The zero-order valence-electron chi connectivity index (χ0n) is 17.3. The predicted octanol–water partition coefficient (Wildman–Crippen LogP) is 1.63. The van der Waals surface area contributed by atoms with Gasteiger partial charge in [0.1, 0.15) is 0 Å². The number of piperidine rings is 1. The van der Waals surface area contributed by atoms with Crippen LogP contribution in [-0.4, -0.2) is 103 Å². The van der Waals surface area contributed by atoms with Crippen molar-refractivity contribution in [2.24, 2.45) is 0 Å². The fraction of sp³-hybridized carbons (Fsp3) is 0.900. The molecule has 0 aliphatic carbocycles. The average molecular weight is 381 g/mol. The van der Waals surface area contributed by atoms with E-state index >= 15 is 0 Å². The molecule has 1 atom stereocenters. The zero-order chi connectivity index (χ0) is 19.4. The Bertz CT molecular complexity index is 535. The summed E-state index contributed by atoms with van der Waals surface area (Å²) in [6.45, 7) is 10.8. The number of hydrogen-bond donors (Lipinski definition) is 0. The number of likely N-dealkylation sites (tertiary alicyclic amines) is 2. The number of ether oxygens (including phenoxy) is 1. The maximum atomic E-state index is 12.4. The molecule has 7 heteroatoms. The van der Waals surface area contributed by atoms with Crippen LogP contribution in [0.5, 0.6) is 0 Å². The first-order valence-corrected chi connectivity index (χ1v) is 10.6. The third-order valence-corrected chi connectivity index (χ3v) is 6.92. The summed E-state index contributed by atoms with van der Waals surface area (Å²) in [5.41, 5.74) is 0.107. The molecule has 154 valence electrons. The van der Waals surface area contributed by atoms with E-state index in [2.05, 4.69) is 23.8 Å². The molecule has 0 radical (unpaired) electrons. The molecule has 0 N–H and O–H groups in total. The molecular weight excluding hydrogens is 344 g/mol. The number of nitrogens with zero attached hydrogens (tertiary/aromatic N) is 4. The summed E-state index contributed by atoms with van der Waals surface area (Å²) in [6.07, 6.45) is 4.52. The number of carbonyl (C=O) groups is 2. The summed E-state index contributed by atoms with van der Waals surface area (Å²) >= 11 is 0. The lowest BCUT2D eigenvalue weighted by Gasteiger charge is -2.52. The van der Waals surface area contributed by atoms with Crippen molar-refractivity contribution in [2.45, 2.75) is 57.5 Å². The van der Waals surface area contributed by atoms with Crippen molar-refractivity contribution >= 4 is 12.0 Å². The Kier molecular flexibility index (Phi) is 6.63. The van der Waals surface area contributed by atoms with Crippen molar-refractivity contribution in [3.63, 3.8) is 0 Å². The van der Waals surface area contributed by atoms with Crippen LogP contribution in [-0.2, 0) is 9.53 Å². The highest BCUT2D eigenvalue weighted by Crippen LogP contribution is 2.34. The van der Waals surface area contributed by atoms with Gasteiger partial charge in [0, 0.05) is 63.8 Å². The van der Waals surface area contributed by atoms with Crippen LogP contribution in [0.4, 0.5) is 4.79 Å². The Labute approximate surface area is 163 Å². The van der Waals surface area contributed by atoms with E-state index in [1.54, 1.807) is 0 Å². The normalized spacial score (nSPS) is 29.2. The van der Waals surface area contributed by atoms with E-state index in [1.807, 2.05) is 16.7 Å². The summed E-state index contributed by atoms with van der Waals surface area (Å²) in [5.74, 6) is 0.308. The van der Waals surface area contributed by atoms with Gasteiger partial charge in [-0.25, -0.2) is 4.79 Å². The molecule has 0 aromatic rings. The molecule has 2 amide bonds. The van der Waals surface area contributed by atoms with Crippen LogP contribution in [0.2, 0.25) is 0 Å². The highest BCUT2D eigenvalue weighted by Gasteiger charge is 2.43. The summed E-state index contributed by atoms with van der Waals surface area (Å²) in [4.78, 5) is 33.3. The molecule has 0 aromatic heterocycles. The minimum absolute atomic E-state index is 0.107. The van der Waals surface area contributed by atoms with Gasteiger partial charge >= 0.3 is 6.09 Å². The third kappa shape index (κ3) is 4.40. The van der Waals surface area contributed by atoms with Gasteiger partial charge in [-0.15, -0.1) is 0 Å². The van der Waals surface area contributed by atoms with E-state index in [1.165, 1.54) is 0 Å². The number of carbonyl (C=O) groups excluding carboxylic acids is 2. The minimum atomic E-state index is -0.173. The molecule has 0 aromatic carbocycles. The Balaban J connectivity index is 1.61. The second kappa shape index (κ2) is 8.78. The summed E-state index contributed by atoms with van der Waals surface area (Å²) in [7, 11) is 2.23. The highest BCUT2D eigenvalue weighted by atomic mass is 16.6. The molecule has 7 nitrogen and oxygen atoms in total. The first kappa shape index (κ1) is 20.4. The minimum Gasteiger partial charge on any atom is -0.450 e. The first-order valence-electron chi connectivity index (χ1n) is 10.6. The maximum absolute atomic E-state index is 12.4. The fourth-order valence-corrected chi connectivity index (χ4v) is 5.00. The summed E-state index contributed by atoms with van der Waals surface area (Å²) in [5, 5.41) is 0. The third-order valence-electron chi connectivity index (χ3n) is 6.92. The van der Waals surface area contributed by atoms with Crippen LogP contribution in [0.3, 0.4) is 0 Å². The van der Waals surface area contributed by atoms with E-state index in [-0.39, 0.29) is 11.6 Å². The van der Waals surface area contributed by atoms with Crippen LogP contribution < -0.4 is 0 Å². The predicted molar refractivity (Wildman–Crippen MR) is 105 cm³/mol. The molecular formula is C20H36N4O3. The monoisotopic (exact) mass is 380 g/mol. The Morgan fingerprint density at radius 1 is 1.11 bits per heavy atom. The number of likely N-dealkylation sites (N-methyl/N-ethyl adjacent to an activating group) is 1. The van der Waals surface area contributed by atoms with Gasteiger partial charge in [0.15, 0.2) is 0 Å². The Morgan fingerprint density at radius 3 is 2.52 bits per heavy atom. The van der Waals surface area contributed by atoms with Gasteiger partial charge in [-0.2, -0.15) is 0 Å². The molecule has 27 heavy (non-hydrogen) atoms. The standard InChI is InChI=1S/C20H36N4O3/c1-4-22-13-10-20(9-6-18(22)25)16-24(15-14-21(20)3)17-7-11-23(12-8-17)19(26)27-5-2/h17H,4-16H2,1-3H3/t20-/m1/s1. The molecule has 3 aliphatic heterocycles. The molecule has 0 saturated carbocycles. The van der Waals surface area contributed by atoms with Gasteiger partial charge in [0.25, 0.3) is 0 Å². The van der Waals surface area contributed by atoms with Crippen LogP contribution in [0.1, 0.15) is 46.0 Å². The van der Waals surface area contributed by atoms with Crippen molar-refractivity contribution in [1.82, 2.24) is 19.6 Å². The highest BCUT2D eigenvalue weighted by molar-refractivity contribution is 5.76. The Morgan fingerprint density at radius 2 is 1.85 bits per heavy atom. The van der Waals surface area contributed by atoms with Crippen LogP contribution in [0.25, 0.3) is 0 Å². The number of piperazine rings is 1. The van der Waals surface area contributed by atoms with Crippen molar-refractivity contribution in [3.05, 3.63) is 0 Å². The summed E-state index contributed by atoms with van der Waals surface area (Å²) in [6, 6.07) is 0.530. The lowest BCUT2D eigenvalue weighted by molar-refractivity contribution is -0.130. The lowest BCUT2D eigenvalue weighted by atomic mass is 9.85. The number of hydrogen-bond acceptors (Lipinski definition) is 5. The number of amides is 2. The Hall–Kier alpha value is -1.34. The SMILES string of the molecule is CCOC(=O)N1CCC(N2CCN(C)[C@@]3(CCC(=O)N(CC)CC3)C2)CC1. The molecule has 3 rings (SSSR count). The summed E-state index contributed by atoms with van der Waals surface area (Å²) < 4.78 is 5.14. The van der Waals surface area contributed by atoms with E-state index < -0.39 is 0 Å². The number of rotatable bonds is 3. The van der Waals surface area contributed by atoms with Gasteiger partial charge in [0.05, 0.1) is 6.61 Å². The molecule has 3 fully saturated rings. The average Bonchev–Trinajstić information content (AvgIpc) is 2.84. The van der Waals surface area contributed by atoms with Gasteiger partial charge in [0.2, 0.25) is 5.91 Å². The van der Waals surface area contributed by atoms with Crippen molar-refractivity contribution in [1.29, 1.82) is 0 Å². The van der Waals surface area contributed by atoms with Crippen LogP contribution in [0.15, 0.2) is 0 Å². The van der Waals surface area contributed by atoms with E-state index in [9.17, 15) is 9.59 Å². The van der Waals surface area contributed by atoms with Crippen molar-refractivity contribution < 1.29 is 14.3 Å². The molecule has 0 bridgehead atoms. The molecule has 1 spiro atoms. The molecule has 3 saturated heterocycles. The van der Waals surface area contributed by atoms with Gasteiger partial charge in [-0.1, -0.05) is 0 Å². The van der Waals surface area contributed by atoms with Gasteiger partial charge in [-0.05, 0) is 46.6 Å². The molecule has 3 aliphatic rings. The van der Waals surface area contributed by atoms with Crippen molar-refractivity contribution in [3.8, 4) is 0 Å².